The van der Waals surface area contributed by atoms with Crippen molar-refractivity contribution >= 4 is 11.4 Å². The van der Waals surface area contributed by atoms with Gasteiger partial charge in [-0.15, -0.1) is 0 Å². The van der Waals surface area contributed by atoms with Crippen LogP contribution in [0.5, 0.6) is 11.5 Å². The van der Waals surface area contributed by atoms with Crippen molar-refractivity contribution in [1.29, 1.82) is 0 Å². The summed E-state index contributed by atoms with van der Waals surface area (Å²) in [6.45, 7) is 13.0. The summed E-state index contributed by atoms with van der Waals surface area (Å²) in [4.78, 5) is 0. The number of nitrogens with one attached hydrogen (secondary N) is 2. The Hall–Kier alpha value is -3.92. The second-order valence-electron chi connectivity index (χ2n) is 8.36. The molecule has 0 unspecified atom stereocenters. The van der Waals surface area contributed by atoms with Crippen LogP contribution in [0.25, 0.3) is 0 Å². The molecule has 4 heteroatoms. The quantitative estimate of drug-likeness (QED) is 0.197. The Morgan fingerprint density at radius 3 is 1.16 bits per heavy atom. The lowest BCUT2D eigenvalue weighted by atomic mass is 10.0. The second-order valence-corrected chi connectivity index (χ2v) is 8.36. The van der Waals surface area contributed by atoms with Gasteiger partial charge in [0.2, 0.25) is 0 Å². The van der Waals surface area contributed by atoms with Gasteiger partial charge in [-0.3, -0.25) is 0 Å². The highest BCUT2D eigenvalue weighted by Crippen LogP contribution is 2.18. The summed E-state index contributed by atoms with van der Waals surface area (Å²) < 4.78 is 11.6. The number of ether oxygens (including phenoxy) is 2. The first-order chi connectivity index (χ1) is 18.7. The third-order valence-corrected chi connectivity index (χ3v) is 5.81. The number of hydrogen-bond acceptors (Lipinski definition) is 4. The largest absolute Gasteiger partial charge is 0.473 e. The molecule has 4 aromatic rings. The fraction of sp³-hybridized carbons (Fsp3) is 0.294. The molecule has 0 heterocycles. The Balaban J connectivity index is 0.00000121. The van der Waals surface area contributed by atoms with Gasteiger partial charge >= 0.3 is 0 Å². The van der Waals surface area contributed by atoms with E-state index in [9.17, 15) is 0 Å². The first kappa shape index (κ1) is 30.3. The average Bonchev–Trinajstić information content (AvgIpc) is 2.97. The number of anilines is 2. The van der Waals surface area contributed by atoms with Gasteiger partial charge in [-0.2, -0.15) is 0 Å². The SMILES string of the molecule is CC.CC.Cc1ccccc1OCNc1ccc(CCc2ccc(NCOc3ccccc3C)cc2)cc1. The van der Waals surface area contributed by atoms with Crippen LogP contribution in [0.15, 0.2) is 97.1 Å². The lowest BCUT2D eigenvalue weighted by Gasteiger charge is -2.12. The monoisotopic (exact) mass is 512 g/mol. The Bertz CT molecular complexity index is 1080. The minimum atomic E-state index is 0.445. The second kappa shape index (κ2) is 17.5. The maximum atomic E-state index is 5.81. The van der Waals surface area contributed by atoms with Gasteiger partial charge in [0, 0.05) is 11.4 Å². The molecule has 0 bridgehead atoms. The van der Waals surface area contributed by atoms with Crippen molar-refractivity contribution in [3.63, 3.8) is 0 Å². The molecule has 0 atom stereocenters. The molecule has 0 radical (unpaired) electrons. The van der Waals surface area contributed by atoms with Gasteiger partial charge < -0.3 is 20.1 Å². The summed E-state index contributed by atoms with van der Waals surface area (Å²) in [5.41, 5.74) is 7.03. The van der Waals surface area contributed by atoms with Crippen LogP contribution in [0.1, 0.15) is 49.9 Å². The predicted molar refractivity (Wildman–Crippen MR) is 164 cm³/mol. The molecule has 0 amide bonds. The maximum absolute atomic E-state index is 5.81. The van der Waals surface area contributed by atoms with Gasteiger partial charge in [-0.05, 0) is 85.3 Å². The lowest BCUT2D eigenvalue weighted by molar-refractivity contribution is 0.344. The van der Waals surface area contributed by atoms with Crippen molar-refractivity contribution in [1.82, 2.24) is 0 Å². The van der Waals surface area contributed by atoms with E-state index in [-0.39, 0.29) is 0 Å². The molecule has 0 aliphatic carbocycles. The van der Waals surface area contributed by atoms with Crippen molar-refractivity contribution in [2.24, 2.45) is 0 Å². The molecule has 4 nitrogen and oxygen atoms in total. The molecule has 0 aromatic heterocycles. The minimum absolute atomic E-state index is 0.445. The van der Waals surface area contributed by atoms with E-state index in [1.165, 1.54) is 11.1 Å². The van der Waals surface area contributed by atoms with Crippen LogP contribution in [-0.2, 0) is 12.8 Å². The fourth-order valence-electron chi connectivity index (χ4n) is 3.70. The predicted octanol–water partition coefficient (Wildman–Crippen LogP) is 9.04. The van der Waals surface area contributed by atoms with Crippen molar-refractivity contribution in [2.75, 3.05) is 24.1 Å². The summed E-state index contributed by atoms with van der Waals surface area (Å²) in [6, 6.07) is 33.2. The number of para-hydroxylation sites is 2. The van der Waals surface area contributed by atoms with Gasteiger partial charge in [0.1, 0.15) is 11.5 Å². The van der Waals surface area contributed by atoms with Gasteiger partial charge in [0.05, 0.1) is 0 Å². The number of rotatable bonds is 11. The Kier molecular flexibility index (Phi) is 14.0. The highest BCUT2D eigenvalue weighted by molar-refractivity contribution is 5.46. The van der Waals surface area contributed by atoms with Gasteiger partial charge in [0.25, 0.3) is 0 Å². The van der Waals surface area contributed by atoms with Crippen molar-refractivity contribution in [3.05, 3.63) is 119 Å². The molecule has 0 aliphatic rings. The molecule has 0 spiro atoms. The van der Waals surface area contributed by atoms with Crippen LogP contribution in [0.2, 0.25) is 0 Å². The van der Waals surface area contributed by atoms with Crippen molar-refractivity contribution < 1.29 is 9.47 Å². The molecule has 0 fully saturated rings. The highest BCUT2D eigenvalue weighted by atomic mass is 16.5. The third-order valence-electron chi connectivity index (χ3n) is 5.81. The number of aryl methyl sites for hydroxylation is 4. The van der Waals surface area contributed by atoms with Gasteiger partial charge in [0.15, 0.2) is 13.5 Å². The highest BCUT2D eigenvalue weighted by Gasteiger charge is 2.01. The van der Waals surface area contributed by atoms with Crippen LogP contribution in [0.3, 0.4) is 0 Å². The molecule has 0 saturated heterocycles. The summed E-state index contributed by atoms with van der Waals surface area (Å²) >= 11 is 0. The van der Waals surface area contributed by atoms with E-state index < -0.39 is 0 Å². The minimum Gasteiger partial charge on any atom is -0.473 e. The molecular weight excluding hydrogens is 468 g/mol. The van der Waals surface area contributed by atoms with Crippen molar-refractivity contribution in [3.8, 4) is 11.5 Å². The van der Waals surface area contributed by atoms with E-state index >= 15 is 0 Å². The third kappa shape index (κ3) is 10.2. The summed E-state index contributed by atoms with van der Waals surface area (Å²) in [7, 11) is 0. The Morgan fingerprint density at radius 1 is 0.474 bits per heavy atom. The topological polar surface area (TPSA) is 42.5 Å². The Labute approximate surface area is 230 Å². The number of benzene rings is 4. The molecule has 2 N–H and O–H groups in total. The first-order valence-electron chi connectivity index (χ1n) is 13.7. The van der Waals surface area contributed by atoms with E-state index in [0.29, 0.717) is 13.5 Å². The van der Waals surface area contributed by atoms with Gasteiger partial charge in [-0.25, -0.2) is 0 Å². The van der Waals surface area contributed by atoms with E-state index in [2.05, 4.69) is 85.1 Å². The van der Waals surface area contributed by atoms with E-state index in [1.54, 1.807) is 0 Å². The van der Waals surface area contributed by atoms with E-state index in [0.717, 1.165) is 46.8 Å². The zero-order valence-corrected chi connectivity index (χ0v) is 23.9. The molecule has 38 heavy (non-hydrogen) atoms. The molecular formula is C34H44N2O2. The maximum Gasteiger partial charge on any atom is 0.159 e. The first-order valence-corrected chi connectivity index (χ1v) is 13.7. The van der Waals surface area contributed by atoms with Crippen LogP contribution < -0.4 is 20.1 Å². The van der Waals surface area contributed by atoms with Crippen LogP contribution in [0, 0.1) is 13.8 Å². The zero-order valence-electron chi connectivity index (χ0n) is 23.9. The zero-order chi connectivity index (χ0) is 27.6. The van der Waals surface area contributed by atoms with E-state index in [4.69, 9.17) is 9.47 Å². The molecule has 0 saturated carbocycles. The van der Waals surface area contributed by atoms with E-state index in [1.807, 2.05) is 64.1 Å². The standard InChI is InChI=1S/C30H32N2O2.2C2H6/c1-23-7-3-5-9-29(23)33-21-31-27-17-13-25(14-18-27)11-12-26-15-19-28(20-16-26)32-22-34-30-10-6-4-8-24(30)2;2*1-2/h3-10,13-20,31-32H,11-12,21-22H2,1-2H3;2*1-2H3. The lowest BCUT2D eigenvalue weighted by Crippen LogP contribution is -2.09. The molecule has 0 aliphatic heterocycles. The van der Waals surface area contributed by atoms with Crippen LogP contribution in [-0.4, -0.2) is 13.5 Å². The normalized spacial score (nSPS) is 9.74. The Morgan fingerprint density at radius 2 is 0.816 bits per heavy atom. The smallest absolute Gasteiger partial charge is 0.159 e. The molecule has 4 aromatic carbocycles. The average molecular weight is 513 g/mol. The molecule has 202 valence electrons. The summed E-state index contributed by atoms with van der Waals surface area (Å²) in [6.07, 6.45) is 2.01. The fourth-order valence-corrected chi connectivity index (χ4v) is 3.70. The van der Waals surface area contributed by atoms with Crippen LogP contribution >= 0.6 is 0 Å². The van der Waals surface area contributed by atoms with Gasteiger partial charge in [-0.1, -0.05) is 88.4 Å². The molecule has 4 rings (SSSR count). The van der Waals surface area contributed by atoms with Crippen LogP contribution in [0.4, 0.5) is 11.4 Å². The number of hydrogen-bond donors (Lipinski definition) is 2. The summed E-state index contributed by atoms with van der Waals surface area (Å²) in [5, 5.41) is 6.64. The van der Waals surface area contributed by atoms with Crippen molar-refractivity contribution in [2.45, 2.75) is 54.4 Å². The summed E-state index contributed by atoms with van der Waals surface area (Å²) in [5.74, 6) is 1.82.